The van der Waals surface area contributed by atoms with Gasteiger partial charge in [-0.15, -0.1) is 10.2 Å². The zero-order chi connectivity index (χ0) is 14.0. The van der Waals surface area contributed by atoms with Gasteiger partial charge in [-0.1, -0.05) is 6.92 Å². The van der Waals surface area contributed by atoms with E-state index in [9.17, 15) is 4.79 Å². The third-order valence-electron chi connectivity index (χ3n) is 3.56. The van der Waals surface area contributed by atoms with Crippen LogP contribution in [0.5, 0.6) is 0 Å². The molecule has 6 nitrogen and oxygen atoms in total. The summed E-state index contributed by atoms with van der Waals surface area (Å²) in [4.78, 5) is 12.2. The lowest BCUT2D eigenvalue weighted by Crippen LogP contribution is -2.53. The lowest BCUT2D eigenvalue weighted by molar-refractivity contribution is -0.127. The number of likely N-dealkylation sites (N-methyl/N-ethyl adjacent to an activating group) is 1. The third kappa shape index (κ3) is 2.78. The number of fused-ring (bicyclic) bond motifs is 1. The summed E-state index contributed by atoms with van der Waals surface area (Å²) in [5.74, 6) is 1.87. The molecule has 1 aromatic heterocycles. The highest BCUT2D eigenvalue weighted by atomic mass is 16.2. The molecule has 0 fully saturated rings. The normalized spacial score (nSPS) is 16.2. The van der Waals surface area contributed by atoms with Gasteiger partial charge in [-0.3, -0.25) is 4.79 Å². The summed E-state index contributed by atoms with van der Waals surface area (Å²) in [5, 5.41) is 14.5. The quantitative estimate of drug-likeness (QED) is 0.825. The molecule has 0 bridgehead atoms. The summed E-state index contributed by atoms with van der Waals surface area (Å²) in [6.45, 7) is 9.42. The highest BCUT2D eigenvalue weighted by molar-refractivity contribution is 5.85. The Morgan fingerprint density at radius 1 is 1.47 bits per heavy atom. The van der Waals surface area contributed by atoms with Gasteiger partial charge in [-0.25, -0.2) is 0 Å². The minimum Gasteiger partial charge on any atom is -0.345 e. The van der Waals surface area contributed by atoms with Crippen molar-refractivity contribution in [1.82, 2.24) is 25.4 Å². The fourth-order valence-corrected chi connectivity index (χ4v) is 2.46. The number of carbonyl (C=O) groups excluding carboxylic acids is 1. The Balaban J connectivity index is 2.05. The molecule has 0 radical (unpaired) electrons. The monoisotopic (exact) mass is 265 g/mol. The van der Waals surface area contributed by atoms with Gasteiger partial charge in [0.05, 0.1) is 11.6 Å². The van der Waals surface area contributed by atoms with Crippen molar-refractivity contribution in [2.75, 3.05) is 6.54 Å². The van der Waals surface area contributed by atoms with Crippen molar-refractivity contribution >= 4 is 5.91 Å². The summed E-state index contributed by atoms with van der Waals surface area (Å²) < 4.78 is 2.12. The molecule has 2 heterocycles. The molecule has 1 aliphatic heterocycles. The van der Waals surface area contributed by atoms with E-state index in [1.807, 2.05) is 27.7 Å². The third-order valence-corrected chi connectivity index (χ3v) is 3.56. The number of aryl methyl sites for hydroxylation is 1. The minimum absolute atomic E-state index is 0.0165. The Morgan fingerprint density at radius 2 is 2.21 bits per heavy atom. The largest absolute Gasteiger partial charge is 0.345 e. The Labute approximate surface area is 114 Å². The van der Waals surface area contributed by atoms with Crippen molar-refractivity contribution in [3.63, 3.8) is 0 Å². The van der Waals surface area contributed by atoms with Gasteiger partial charge >= 0.3 is 0 Å². The van der Waals surface area contributed by atoms with Crippen LogP contribution in [-0.2, 0) is 17.8 Å². The lowest BCUT2D eigenvalue weighted by atomic mass is 10.0. The zero-order valence-electron chi connectivity index (χ0n) is 12.2. The molecule has 106 valence electrons. The van der Waals surface area contributed by atoms with Gasteiger partial charge in [-0.05, 0) is 33.7 Å². The van der Waals surface area contributed by atoms with Crippen molar-refractivity contribution in [3.8, 4) is 0 Å². The highest BCUT2D eigenvalue weighted by Crippen LogP contribution is 2.19. The van der Waals surface area contributed by atoms with Crippen molar-refractivity contribution in [3.05, 3.63) is 11.6 Å². The molecule has 2 N–H and O–H groups in total. The molecule has 0 saturated heterocycles. The number of carbonyl (C=O) groups is 1. The molecule has 1 amide bonds. The molecule has 0 saturated carbocycles. The maximum Gasteiger partial charge on any atom is 0.240 e. The number of amides is 1. The second-order valence-corrected chi connectivity index (χ2v) is 5.58. The van der Waals surface area contributed by atoms with Crippen LogP contribution in [-0.4, -0.2) is 32.8 Å². The summed E-state index contributed by atoms with van der Waals surface area (Å²) in [6, 6.07) is -0.121. The average molecular weight is 265 g/mol. The first-order valence-corrected chi connectivity index (χ1v) is 6.93. The lowest BCUT2D eigenvalue weighted by Gasteiger charge is -2.26. The van der Waals surface area contributed by atoms with E-state index in [2.05, 4.69) is 25.4 Å². The molecule has 1 atom stereocenters. The van der Waals surface area contributed by atoms with E-state index in [1.54, 1.807) is 0 Å². The molecule has 0 aromatic carbocycles. The van der Waals surface area contributed by atoms with Crippen LogP contribution < -0.4 is 10.6 Å². The summed E-state index contributed by atoms with van der Waals surface area (Å²) in [6.07, 6.45) is 2.10. The van der Waals surface area contributed by atoms with E-state index >= 15 is 0 Å². The molecular weight excluding hydrogens is 242 g/mol. The fourth-order valence-electron chi connectivity index (χ4n) is 2.46. The molecule has 1 unspecified atom stereocenters. The number of aromatic nitrogens is 3. The number of hydrogen-bond acceptors (Lipinski definition) is 4. The van der Waals surface area contributed by atoms with E-state index < -0.39 is 5.54 Å². The van der Waals surface area contributed by atoms with Crippen LogP contribution in [0.25, 0.3) is 0 Å². The van der Waals surface area contributed by atoms with Gasteiger partial charge in [0.2, 0.25) is 5.91 Å². The molecule has 0 spiro atoms. The van der Waals surface area contributed by atoms with Gasteiger partial charge in [0.15, 0.2) is 5.82 Å². The number of rotatable bonds is 5. The van der Waals surface area contributed by atoms with Crippen LogP contribution in [0.15, 0.2) is 0 Å². The van der Waals surface area contributed by atoms with Crippen molar-refractivity contribution in [2.45, 2.75) is 58.7 Å². The minimum atomic E-state index is -0.573. The SMILES string of the molecule is CCNC(C)(C)C(=O)NC(C)c1nnc2n1CCC2. The van der Waals surface area contributed by atoms with Crippen LogP contribution in [0.2, 0.25) is 0 Å². The first kappa shape index (κ1) is 14.0. The second-order valence-electron chi connectivity index (χ2n) is 5.58. The summed E-state index contributed by atoms with van der Waals surface area (Å²) in [5.41, 5.74) is -0.573. The standard InChI is InChI=1S/C13H23N5O/c1-5-14-13(3,4)12(19)15-9(2)11-17-16-10-7-6-8-18(10)11/h9,14H,5-8H2,1-4H3,(H,15,19). The van der Waals surface area contributed by atoms with E-state index in [0.29, 0.717) is 0 Å². The number of hydrogen-bond donors (Lipinski definition) is 2. The van der Waals surface area contributed by atoms with Crippen LogP contribution in [0.4, 0.5) is 0 Å². The van der Waals surface area contributed by atoms with Crippen molar-refractivity contribution < 1.29 is 4.79 Å². The molecule has 0 aliphatic carbocycles. The zero-order valence-corrected chi connectivity index (χ0v) is 12.2. The van der Waals surface area contributed by atoms with Gasteiger partial charge in [-0.2, -0.15) is 0 Å². The Hall–Kier alpha value is -1.43. The van der Waals surface area contributed by atoms with Gasteiger partial charge in [0.1, 0.15) is 5.82 Å². The predicted molar refractivity (Wildman–Crippen MR) is 72.7 cm³/mol. The van der Waals surface area contributed by atoms with E-state index in [1.165, 1.54) is 0 Å². The fraction of sp³-hybridized carbons (Fsp3) is 0.769. The van der Waals surface area contributed by atoms with E-state index in [-0.39, 0.29) is 11.9 Å². The van der Waals surface area contributed by atoms with Crippen LogP contribution in [0.3, 0.4) is 0 Å². The maximum absolute atomic E-state index is 12.2. The molecule has 6 heteroatoms. The molecule has 19 heavy (non-hydrogen) atoms. The Kier molecular flexibility index (Phi) is 3.89. The van der Waals surface area contributed by atoms with Crippen LogP contribution in [0.1, 0.15) is 51.8 Å². The van der Waals surface area contributed by atoms with E-state index in [4.69, 9.17) is 0 Å². The molecule has 1 aliphatic rings. The summed E-state index contributed by atoms with van der Waals surface area (Å²) >= 11 is 0. The van der Waals surface area contributed by atoms with Gasteiger partial charge in [0, 0.05) is 13.0 Å². The van der Waals surface area contributed by atoms with Crippen LogP contribution >= 0.6 is 0 Å². The van der Waals surface area contributed by atoms with E-state index in [0.717, 1.165) is 37.6 Å². The Bertz CT molecular complexity index is 466. The topological polar surface area (TPSA) is 71.8 Å². The second kappa shape index (κ2) is 5.28. The average Bonchev–Trinajstić information content (AvgIpc) is 2.89. The number of nitrogens with one attached hydrogen (secondary N) is 2. The first-order valence-electron chi connectivity index (χ1n) is 6.93. The first-order chi connectivity index (χ1) is 8.95. The summed E-state index contributed by atoms with van der Waals surface area (Å²) in [7, 11) is 0. The van der Waals surface area contributed by atoms with Crippen LogP contribution in [0, 0.1) is 0 Å². The highest BCUT2D eigenvalue weighted by Gasteiger charge is 2.29. The maximum atomic E-state index is 12.2. The molecular formula is C13H23N5O. The van der Waals surface area contributed by atoms with Gasteiger partial charge in [0.25, 0.3) is 0 Å². The predicted octanol–water partition coefficient (Wildman–Crippen LogP) is 0.790. The molecule has 2 rings (SSSR count). The van der Waals surface area contributed by atoms with Gasteiger partial charge < -0.3 is 15.2 Å². The van der Waals surface area contributed by atoms with Crippen molar-refractivity contribution in [1.29, 1.82) is 0 Å². The van der Waals surface area contributed by atoms with Crippen molar-refractivity contribution in [2.24, 2.45) is 0 Å². The smallest absolute Gasteiger partial charge is 0.240 e. The Morgan fingerprint density at radius 3 is 2.89 bits per heavy atom. The number of nitrogens with zero attached hydrogens (tertiary/aromatic N) is 3. The molecule has 1 aromatic rings.